The van der Waals surface area contributed by atoms with Gasteiger partial charge in [-0.2, -0.15) is 0 Å². The maximum absolute atomic E-state index is 13.3. The summed E-state index contributed by atoms with van der Waals surface area (Å²) in [6.45, 7) is 8.48. The van der Waals surface area contributed by atoms with E-state index in [4.69, 9.17) is 4.74 Å². The Morgan fingerprint density at radius 2 is 2.32 bits per heavy atom. The van der Waals surface area contributed by atoms with E-state index in [0.29, 0.717) is 0 Å². The summed E-state index contributed by atoms with van der Waals surface area (Å²) in [5, 5.41) is 6.73. The highest BCUT2D eigenvalue weighted by molar-refractivity contribution is 5.24. The highest BCUT2D eigenvalue weighted by Gasteiger charge is 2.21. The van der Waals surface area contributed by atoms with E-state index in [-0.39, 0.29) is 17.3 Å². The summed E-state index contributed by atoms with van der Waals surface area (Å²) in [6.07, 6.45) is 0.233. The first kappa shape index (κ1) is 14.4. The predicted molar refractivity (Wildman–Crippen MR) is 74.9 cm³/mol. The van der Waals surface area contributed by atoms with Gasteiger partial charge in [0.15, 0.2) is 0 Å². The SMILES string of the molecule is CC(C)(CNCC1CNCCO1)c1cccc(F)c1. The monoisotopic (exact) mass is 266 g/mol. The van der Waals surface area contributed by atoms with E-state index in [1.807, 2.05) is 6.07 Å². The van der Waals surface area contributed by atoms with E-state index in [2.05, 4.69) is 24.5 Å². The maximum atomic E-state index is 13.3. The molecule has 0 radical (unpaired) electrons. The number of rotatable bonds is 5. The van der Waals surface area contributed by atoms with Crippen LogP contribution in [0.15, 0.2) is 24.3 Å². The minimum atomic E-state index is -0.176. The number of nitrogens with one attached hydrogen (secondary N) is 2. The van der Waals surface area contributed by atoms with E-state index in [0.717, 1.165) is 38.3 Å². The van der Waals surface area contributed by atoms with Crippen molar-refractivity contribution in [1.82, 2.24) is 10.6 Å². The molecule has 2 rings (SSSR count). The maximum Gasteiger partial charge on any atom is 0.123 e. The third-order valence-electron chi connectivity index (χ3n) is 3.55. The average Bonchev–Trinajstić information content (AvgIpc) is 2.40. The van der Waals surface area contributed by atoms with Crippen molar-refractivity contribution in [2.45, 2.75) is 25.4 Å². The van der Waals surface area contributed by atoms with Crippen LogP contribution in [0.2, 0.25) is 0 Å². The zero-order chi connectivity index (χ0) is 13.7. The summed E-state index contributed by atoms with van der Waals surface area (Å²) in [5.41, 5.74) is 0.923. The highest BCUT2D eigenvalue weighted by Crippen LogP contribution is 2.22. The normalized spacial score (nSPS) is 20.5. The van der Waals surface area contributed by atoms with Crippen LogP contribution in [0.4, 0.5) is 4.39 Å². The van der Waals surface area contributed by atoms with Gasteiger partial charge in [0.1, 0.15) is 5.82 Å². The van der Waals surface area contributed by atoms with E-state index in [1.54, 1.807) is 12.1 Å². The van der Waals surface area contributed by atoms with Crippen LogP contribution in [-0.2, 0) is 10.2 Å². The second-order valence-corrected chi connectivity index (χ2v) is 5.72. The van der Waals surface area contributed by atoms with Gasteiger partial charge in [0.05, 0.1) is 12.7 Å². The summed E-state index contributed by atoms with van der Waals surface area (Å²) in [5.74, 6) is -0.176. The van der Waals surface area contributed by atoms with E-state index < -0.39 is 0 Å². The topological polar surface area (TPSA) is 33.3 Å². The molecule has 19 heavy (non-hydrogen) atoms. The Labute approximate surface area is 114 Å². The van der Waals surface area contributed by atoms with Gasteiger partial charge >= 0.3 is 0 Å². The number of halogens is 1. The Hall–Kier alpha value is -0.970. The molecule has 1 fully saturated rings. The van der Waals surface area contributed by atoms with Gasteiger partial charge < -0.3 is 15.4 Å². The summed E-state index contributed by atoms with van der Waals surface area (Å²) in [6, 6.07) is 6.83. The Balaban J connectivity index is 1.83. The molecule has 0 bridgehead atoms. The lowest BCUT2D eigenvalue weighted by molar-refractivity contribution is 0.0287. The fourth-order valence-electron chi connectivity index (χ4n) is 2.31. The molecule has 1 aromatic rings. The first-order chi connectivity index (χ1) is 9.08. The predicted octanol–water partition coefficient (Wildman–Crippen LogP) is 1.68. The molecule has 1 aliphatic rings. The molecule has 0 amide bonds. The van der Waals surface area contributed by atoms with E-state index in [9.17, 15) is 4.39 Å². The second-order valence-electron chi connectivity index (χ2n) is 5.72. The highest BCUT2D eigenvalue weighted by atomic mass is 19.1. The molecular weight excluding hydrogens is 243 g/mol. The average molecular weight is 266 g/mol. The van der Waals surface area contributed by atoms with Crippen molar-refractivity contribution in [3.63, 3.8) is 0 Å². The van der Waals surface area contributed by atoms with Crippen LogP contribution in [0.25, 0.3) is 0 Å². The molecule has 1 saturated heterocycles. The molecule has 0 aromatic heterocycles. The van der Waals surface area contributed by atoms with E-state index in [1.165, 1.54) is 6.07 Å². The molecule has 0 saturated carbocycles. The fraction of sp³-hybridized carbons (Fsp3) is 0.600. The number of morpholine rings is 1. The van der Waals surface area contributed by atoms with Crippen molar-refractivity contribution in [3.05, 3.63) is 35.6 Å². The smallest absolute Gasteiger partial charge is 0.123 e. The van der Waals surface area contributed by atoms with Gasteiger partial charge in [-0.25, -0.2) is 4.39 Å². The minimum Gasteiger partial charge on any atom is -0.374 e. The van der Waals surface area contributed by atoms with Crippen molar-refractivity contribution >= 4 is 0 Å². The van der Waals surface area contributed by atoms with Crippen LogP contribution >= 0.6 is 0 Å². The lowest BCUT2D eigenvalue weighted by Crippen LogP contribution is -2.46. The molecule has 0 spiro atoms. The zero-order valence-electron chi connectivity index (χ0n) is 11.7. The van der Waals surface area contributed by atoms with Crippen LogP contribution < -0.4 is 10.6 Å². The lowest BCUT2D eigenvalue weighted by atomic mass is 9.84. The van der Waals surface area contributed by atoms with Gasteiger partial charge in [-0.3, -0.25) is 0 Å². The quantitative estimate of drug-likeness (QED) is 0.851. The van der Waals surface area contributed by atoms with Gasteiger partial charge in [-0.05, 0) is 17.7 Å². The molecule has 1 aliphatic heterocycles. The lowest BCUT2D eigenvalue weighted by Gasteiger charge is -2.29. The first-order valence-electron chi connectivity index (χ1n) is 6.87. The van der Waals surface area contributed by atoms with Crippen molar-refractivity contribution in [2.75, 3.05) is 32.8 Å². The third kappa shape index (κ3) is 4.27. The second kappa shape index (κ2) is 6.46. The van der Waals surface area contributed by atoms with Crippen LogP contribution in [0.1, 0.15) is 19.4 Å². The standard InChI is InChI=1S/C15H23FN2O/c1-15(2,12-4-3-5-13(16)8-12)11-18-10-14-9-17-6-7-19-14/h3-5,8,14,17-18H,6-7,9-11H2,1-2H3. The van der Waals surface area contributed by atoms with Crippen molar-refractivity contribution in [2.24, 2.45) is 0 Å². The van der Waals surface area contributed by atoms with Crippen molar-refractivity contribution < 1.29 is 9.13 Å². The molecule has 3 nitrogen and oxygen atoms in total. The summed E-state index contributed by atoms with van der Waals surface area (Å²) in [4.78, 5) is 0. The molecule has 1 atom stereocenters. The van der Waals surface area contributed by atoms with Crippen molar-refractivity contribution in [3.8, 4) is 0 Å². The molecule has 1 unspecified atom stereocenters. The number of hydrogen-bond acceptors (Lipinski definition) is 3. The van der Waals surface area contributed by atoms with Crippen LogP contribution in [0.3, 0.4) is 0 Å². The van der Waals surface area contributed by atoms with Gasteiger partial charge in [0, 0.05) is 31.6 Å². The van der Waals surface area contributed by atoms with Gasteiger partial charge in [-0.1, -0.05) is 26.0 Å². The largest absolute Gasteiger partial charge is 0.374 e. The Morgan fingerprint density at radius 1 is 1.47 bits per heavy atom. The molecule has 4 heteroatoms. The first-order valence-corrected chi connectivity index (χ1v) is 6.87. The Bertz CT molecular complexity index is 403. The van der Waals surface area contributed by atoms with Gasteiger partial charge in [0.2, 0.25) is 0 Å². The fourth-order valence-corrected chi connectivity index (χ4v) is 2.31. The zero-order valence-corrected chi connectivity index (χ0v) is 11.7. The molecule has 1 heterocycles. The molecular formula is C15H23FN2O. The number of ether oxygens (including phenoxy) is 1. The number of hydrogen-bond donors (Lipinski definition) is 2. The van der Waals surface area contributed by atoms with Gasteiger partial charge in [-0.15, -0.1) is 0 Å². The molecule has 106 valence electrons. The van der Waals surface area contributed by atoms with Crippen LogP contribution in [0.5, 0.6) is 0 Å². The minimum absolute atomic E-state index is 0.0931. The number of benzene rings is 1. The Morgan fingerprint density at radius 3 is 3.00 bits per heavy atom. The third-order valence-corrected chi connectivity index (χ3v) is 3.55. The summed E-state index contributed by atoms with van der Waals surface area (Å²) in [7, 11) is 0. The van der Waals surface area contributed by atoms with Crippen molar-refractivity contribution in [1.29, 1.82) is 0 Å². The Kier molecular flexibility index (Phi) is 4.91. The van der Waals surface area contributed by atoms with Gasteiger partial charge in [0.25, 0.3) is 0 Å². The summed E-state index contributed by atoms with van der Waals surface area (Å²) < 4.78 is 18.9. The molecule has 0 aliphatic carbocycles. The van der Waals surface area contributed by atoms with Crippen LogP contribution in [-0.4, -0.2) is 38.9 Å². The molecule has 1 aromatic carbocycles. The van der Waals surface area contributed by atoms with Crippen LogP contribution in [0, 0.1) is 5.82 Å². The van der Waals surface area contributed by atoms with E-state index >= 15 is 0 Å². The summed E-state index contributed by atoms with van der Waals surface area (Å²) >= 11 is 0. The molecule has 2 N–H and O–H groups in total.